The Morgan fingerprint density at radius 2 is 1.88 bits per heavy atom. The number of amides is 1. The molecule has 11 heteroatoms. The SMILES string of the molecule is CCc1cc(-c2cn[nH]c2)ccc1NC(=O)C1COc2ccccc2O1.O=C(O)C(F)(F)F. The van der Waals surface area contributed by atoms with Gasteiger partial charge in [-0.25, -0.2) is 4.79 Å². The molecule has 8 nitrogen and oxygen atoms in total. The molecule has 0 aliphatic carbocycles. The minimum atomic E-state index is -5.08. The molecule has 174 valence electrons. The van der Waals surface area contributed by atoms with E-state index >= 15 is 0 Å². The van der Waals surface area contributed by atoms with Crippen molar-refractivity contribution >= 4 is 17.6 Å². The molecule has 1 atom stereocenters. The van der Waals surface area contributed by atoms with E-state index in [1.165, 1.54) is 0 Å². The number of anilines is 1. The molecule has 2 aromatic carbocycles. The molecule has 1 aromatic heterocycles. The predicted molar refractivity (Wildman–Crippen MR) is 112 cm³/mol. The molecule has 33 heavy (non-hydrogen) atoms. The van der Waals surface area contributed by atoms with Gasteiger partial charge < -0.3 is 19.9 Å². The minimum absolute atomic E-state index is 0.192. The molecular formula is C22H20F3N3O5. The second-order valence-electron chi connectivity index (χ2n) is 6.87. The Bertz CT molecular complexity index is 1120. The molecule has 3 aromatic rings. The molecule has 1 aliphatic rings. The topological polar surface area (TPSA) is 114 Å². The lowest BCUT2D eigenvalue weighted by Gasteiger charge is -2.26. The fraction of sp³-hybridized carbons (Fsp3) is 0.227. The van der Waals surface area contributed by atoms with Crippen molar-refractivity contribution in [1.29, 1.82) is 0 Å². The summed E-state index contributed by atoms with van der Waals surface area (Å²) in [6.07, 6.45) is -1.34. The number of aromatic amines is 1. The minimum Gasteiger partial charge on any atom is -0.485 e. The van der Waals surface area contributed by atoms with Gasteiger partial charge >= 0.3 is 12.1 Å². The first kappa shape index (κ1) is 23.6. The standard InChI is InChI=1S/C20H19N3O3.C2HF3O2/c1-2-13-9-14(15-10-21-22-11-15)7-8-16(13)23-20(24)19-12-25-17-5-3-4-6-18(17)26-19;3-2(4,5)1(6)7/h3-11,19H,2,12H2,1H3,(H,21,22)(H,23,24);(H,6,7). The van der Waals surface area contributed by atoms with Crippen molar-refractivity contribution in [3.8, 4) is 22.6 Å². The van der Waals surface area contributed by atoms with Crippen LogP contribution >= 0.6 is 0 Å². The van der Waals surface area contributed by atoms with Gasteiger partial charge in [-0.3, -0.25) is 9.89 Å². The van der Waals surface area contributed by atoms with Gasteiger partial charge in [0.25, 0.3) is 5.91 Å². The fourth-order valence-electron chi connectivity index (χ4n) is 2.96. The zero-order valence-electron chi connectivity index (χ0n) is 17.3. The van der Waals surface area contributed by atoms with Crippen LogP contribution in [0.5, 0.6) is 11.5 Å². The third kappa shape index (κ3) is 6.03. The first-order valence-corrected chi connectivity index (χ1v) is 9.80. The number of hydrogen-bond acceptors (Lipinski definition) is 5. The monoisotopic (exact) mass is 463 g/mol. The highest BCUT2D eigenvalue weighted by Crippen LogP contribution is 2.31. The predicted octanol–water partition coefficient (Wildman–Crippen LogP) is 4.05. The molecule has 0 spiro atoms. The number of carbonyl (C=O) groups excluding carboxylic acids is 1. The van der Waals surface area contributed by atoms with Gasteiger partial charge in [-0.2, -0.15) is 18.3 Å². The third-order valence-corrected chi connectivity index (χ3v) is 4.62. The summed E-state index contributed by atoms with van der Waals surface area (Å²) in [6.45, 7) is 2.25. The quantitative estimate of drug-likeness (QED) is 0.538. The van der Waals surface area contributed by atoms with Gasteiger partial charge in [0, 0.05) is 17.4 Å². The lowest BCUT2D eigenvalue weighted by Crippen LogP contribution is -2.40. The van der Waals surface area contributed by atoms with E-state index in [9.17, 15) is 18.0 Å². The van der Waals surface area contributed by atoms with Crippen molar-refractivity contribution in [1.82, 2.24) is 10.2 Å². The van der Waals surface area contributed by atoms with E-state index in [4.69, 9.17) is 19.4 Å². The van der Waals surface area contributed by atoms with Crippen LogP contribution < -0.4 is 14.8 Å². The molecule has 2 heterocycles. The van der Waals surface area contributed by atoms with Crippen LogP contribution in [0.4, 0.5) is 18.9 Å². The molecule has 0 radical (unpaired) electrons. The summed E-state index contributed by atoms with van der Waals surface area (Å²) in [7, 11) is 0. The summed E-state index contributed by atoms with van der Waals surface area (Å²) >= 11 is 0. The van der Waals surface area contributed by atoms with E-state index in [2.05, 4.69) is 28.5 Å². The number of alkyl halides is 3. The molecular weight excluding hydrogens is 443 g/mol. The highest BCUT2D eigenvalue weighted by molar-refractivity contribution is 5.95. The number of para-hydroxylation sites is 2. The number of ether oxygens (including phenoxy) is 2. The average Bonchev–Trinajstić information content (AvgIpc) is 3.34. The van der Waals surface area contributed by atoms with E-state index in [1.54, 1.807) is 12.3 Å². The van der Waals surface area contributed by atoms with Gasteiger partial charge in [0.15, 0.2) is 11.5 Å². The second-order valence-corrected chi connectivity index (χ2v) is 6.87. The average molecular weight is 463 g/mol. The molecule has 1 amide bonds. The van der Waals surface area contributed by atoms with E-state index in [-0.39, 0.29) is 12.5 Å². The van der Waals surface area contributed by atoms with Crippen molar-refractivity contribution in [3.63, 3.8) is 0 Å². The summed E-state index contributed by atoms with van der Waals surface area (Å²) in [5.41, 5.74) is 3.90. The number of halogens is 3. The van der Waals surface area contributed by atoms with Crippen LogP contribution in [0.25, 0.3) is 11.1 Å². The summed E-state index contributed by atoms with van der Waals surface area (Å²) in [5, 5.41) is 16.9. The molecule has 0 bridgehead atoms. The largest absolute Gasteiger partial charge is 0.490 e. The van der Waals surface area contributed by atoms with Gasteiger partial charge in [-0.05, 0) is 41.8 Å². The van der Waals surface area contributed by atoms with Crippen LogP contribution in [0.1, 0.15) is 12.5 Å². The number of rotatable bonds is 4. The molecule has 0 fully saturated rings. The molecule has 1 aliphatic heterocycles. The summed E-state index contributed by atoms with van der Waals surface area (Å²) < 4.78 is 43.1. The number of carboxylic acid groups (broad SMARTS) is 1. The third-order valence-electron chi connectivity index (χ3n) is 4.62. The maximum absolute atomic E-state index is 12.6. The van der Waals surface area contributed by atoms with Crippen molar-refractivity contribution in [2.24, 2.45) is 0 Å². The number of hydrogen-bond donors (Lipinski definition) is 3. The Labute approximate surface area is 186 Å². The molecule has 4 rings (SSSR count). The van der Waals surface area contributed by atoms with Crippen LogP contribution in [0.3, 0.4) is 0 Å². The number of aromatic nitrogens is 2. The van der Waals surface area contributed by atoms with E-state index < -0.39 is 18.2 Å². The maximum Gasteiger partial charge on any atom is 0.490 e. The van der Waals surface area contributed by atoms with E-state index in [0.29, 0.717) is 11.5 Å². The number of fused-ring (bicyclic) bond motifs is 1. The molecule has 0 saturated carbocycles. The van der Waals surface area contributed by atoms with Gasteiger partial charge in [-0.1, -0.05) is 25.1 Å². The van der Waals surface area contributed by atoms with Crippen molar-refractivity contribution in [2.75, 3.05) is 11.9 Å². The number of H-pyrrole nitrogens is 1. The van der Waals surface area contributed by atoms with E-state index in [1.807, 2.05) is 36.5 Å². The molecule has 0 saturated heterocycles. The van der Waals surface area contributed by atoms with Gasteiger partial charge in [0.05, 0.1) is 6.20 Å². The summed E-state index contributed by atoms with van der Waals surface area (Å²) in [5.74, 6) is -1.72. The summed E-state index contributed by atoms with van der Waals surface area (Å²) in [4.78, 5) is 21.5. The number of carbonyl (C=O) groups is 2. The van der Waals surface area contributed by atoms with Crippen molar-refractivity contribution < 1.29 is 37.3 Å². The van der Waals surface area contributed by atoms with Crippen LogP contribution in [-0.2, 0) is 16.0 Å². The summed E-state index contributed by atoms with van der Waals surface area (Å²) in [6, 6.07) is 13.3. The first-order chi connectivity index (χ1) is 15.7. The molecule has 1 unspecified atom stereocenters. The highest BCUT2D eigenvalue weighted by Gasteiger charge is 2.38. The number of benzene rings is 2. The number of carboxylic acids is 1. The highest BCUT2D eigenvalue weighted by atomic mass is 19.4. The number of aliphatic carboxylic acids is 1. The van der Waals surface area contributed by atoms with Crippen molar-refractivity contribution in [2.45, 2.75) is 25.6 Å². The first-order valence-electron chi connectivity index (χ1n) is 9.80. The van der Waals surface area contributed by atoms with Gasteiger partial charge in [0.1, 0.15) is 6.61 Å². The number of nitrogens with zero attached hydrogens (tertiary/aromatic N) is 1. The van der Waals surface area contributed by atoms with Crippen LogP contribution in [-0.4, -0.2) is 46.1 Å². The Hall–Kier alpha value is -4.02. The Kier molecular flexibility index (Phi) is 7.21. The smallest absolute Gasteiger partial charge is 0.485 e. The van der Waals surface area contributed by atoms with Crippen molar-refractivity contribution in [3.05, 3.63) is 60.4 Å². The van der Waals surface area contributed by atoms with E-state index in [0.717, 1.165) is 28.8 Å². The maximum atomic E-state index is 12.6. The lowest BCUT2D eigenvalue weighted by atomic mass is 10.0. The zero-order chi connectivity index (χ0) is 24.0. The lowest BCUT2D eigenvalue weighted by molar-refractivity contribution is -0.192. The Morgan fingerprint density at radius 3 is 2.48 bits per heavy atom. The van der Waals surface area contributed by atoms with Crippen LogP contribution in [0.2, 0.25) is 0 Å². The zero-order valence-corrected chi connectivity index (χ0v) is 17.3. The number of nitrogens with one attached hydrogen (secondary N) is 2. The van der Waals surface area contributed by atoms with Gasteiger partial charge in [0.2, 0.25) is 6.10 Å². The normalized spacial score (nSPS) is 14.6. The molecule has 3 N–H and O–H groups in total. The van der Waals surface area contributed by atoms with Crippen LogP contribution in [0.15, 0.2) is 54.9 Å². The Morgan fingerprint density at radius 1 is 1.18 bits per heavy atom. The van der Waals surface area contributed by atoms with Crippen LogP contribution in [0, 0.1) is 0 Å². The Balaban J connectivity index is 0.000000383. The number of aryl methyl sites for hydroxylation is 1. The fourth-order valence-corrected chi connectivity index (χ4v) is 2.96. The van der Waals surface area contributed by atoms with Gasteiger partial charge in [-0.15, -0.1) is 0 Å². The second kappa shape index (κ2) is 10.1.